The molecule has 0 N–H and O–H groups in total. The summed E-state index contributed by atoms with van der Waals surface area (Å²) < 4.78 is 0. The van der Waals surface area contributed by atoms with Crippen LogP contribution in [0.4, 0.5) is 0 Å². The van der Waals surface area contributed by atoms with Gasteiger partial charge in [0.25, 0.3) is 0 Å². The van der Waals surface area contributed by atoms with Gasteiger partial charge in [-0.3, -0.25) is 15.0 Å². The highest BCUT2D eigenvalue weighted by Gasteiger charge is 2.34. The predicted octanol–water partition coefficient (Wildman–Crippen LogP) is 0.747. The quantitative estimate of drug-likeness (QED) is 0.449. The zero-order chi connectivity index (χ0) is 8.48. The Morgan fingerprint density at radius 1 is 1.55 bits per heavy atom. The van der Waals surface area contributed by atoms with Gasteiger partial charge in [-0.25, -0.2) is 0 Å². The molecule has 4 nitrogen and oxygen atoms in total. The summed E-state index contributed by atoms with van der Waals surface area (Å²) in [7, 11) is 0. The van der Waals surface area contributed by atoms with Crippen LogP contribution in [0.5, 0.6) is 0 Å². The Bertz CT molecular complexity index is 164. The molecular weight excluding hydrogens is 144 g/mol. The fourth-order valence-corrected chi connectivity index (χ4v) is 1.14. The molecule has 1 aliphatic heterocycles. The summed E-state index contributed by atoms with van der Waals surface area (Å²) in [6.45, 7) is 5.98. The Balaban J connectivity index is 2.38. The topological polar surface area (TPSA) is 46.4 Å². The van der Waals surface area contributed by atoms with E-state index in [1.807, 2.05) is 0 Å². The summed E-state index contributed by atoms with van der Waals surface area (Å²) in [4.78, 5) is 12.4. The molecule has 0 aromatic heterocycles. The molecule has 0 atom stereocenters. The molecule has 1 heterocycles. The van der Waals surface area contributed by atoms with Gasteiger partial charge in [0, 0.05) is 18.8 Å². The lowest BCUT2D eigenvalue weighted by Gasteiger charge is -2.33. The number of hydrogen-bond donors (Lipinski definition) is 0. The van der Waals surface area contributed by atoms with Gasteiger partial charge >= 0.3 is 0 Å². The van der Waals surface area contributed by atoms with Crippen molar-refractivity contribution in [2.75, 3.05) is 19.6 Å². The van der Waals surface area contributed by atoms with E-state index in [1.54, 1.807) is 13.8 Å². The van der Waals surface area contributed by atoms with Gasteiger partial charge in [-0.15, -0.1) is 0 Å². The second-order valence-corrected chi connectivity index (χ2v) is 3.70. The Hall–Kier alpha value is -0.640. The fraction of sp³-hybridized carbons (Fsp3) is 1.00. The van der Waals surface area contributed by atoms with E-state index in [0.29, 0.717) is 6.54 Å². The normalized spacial score (nSPS) is 19.5. The second-order valence-electron chi connectivity index (χ2n) is 3.70. The van der Waals surface area contributed by atoms with Crippen molar-refractivity contribution < 1.29 is 4.92 Å². The maximum absolute atomic E-state index is 10.5. The minimum absolute atomic E-state index is 0.203. The summed E-state index contributed by atoms with van der Waals surface area (Å²) >= 11 is 0. The molecule has 1 fully saturated rings. The van der Waals surface area contributed by atoms with E-state index in [4.69, 9.17) is 0 Å². The van der Waals surface area contributed by atoms with Gasteiger partial charge in [0.05, 0.1) is 6.54 Å². The zero-order valence-electron chi connectivity index (χ0n) is 7.04. The van der Waals surface area contributed by atoms with Gasteiger partial charge in [0.1, 0.15) is 0 Å². The molecule has 0 saturated carbocycles. The molecule has 0 bridgehead atoms. The van der Waals surface area contributed by atoms with Crippen LogP contribution in [0.2, 0.25) is 0 Å². The van der Waals surface area contributed by atoms with Crippen LogP contribution in [0.15, 0.2) is 0 Å². The molecule has 0 aliphatic carbocycles. The SMILES string of the molecule is CC(C)(CN1CCC1)[N+](=O)[O-]. The molecule has 1 saturated heterocycles. The third-order valence-electron chi connectivity index (χ3n) is 2.05. The van der Waals surface area contributed by atoms with Crippen molar-refractivity contribution in [3.8, 4) is 0 Å². The summed E-state index contributed by atoms with van der Waals surface area (Å²) in [5, 5.41) is 10.5. The minimum atomic E-state index is -0.777. The van der Waals surface area contributed by atoms with E-state index in [0.717, 1.165) is 13.1 Å². The van der Waals surface area contributed by atoms with Crippen LogP contribution < -0.4 is 0 Å². The fourth-order valence-electron chi connectivity index (χ4n) is 1.14. The third-order valence-corrected chi connectivity index (χ3v) is 2.05. The van der Waals surface area contributed by atoms with Gasteiger partial charge in [-0.2, -0.15) is 0 Å². The van der Waals surface area contributed by atoms with Gasteiger partial charge in [-0.05, 0) is 19.5 Å². The van der Waals surface area contributed by atoms with Gasteiger partial charge < -0.3 is 0 Å². The number of hydrogen-bond acceptors (Lipinski definition) is 3. The minimum Gasteiger partial charge on any atom is -0.296 e. The maximum atomic E-state index is 10.5. The van der Waals surface area contributed by atoms with Crippen molar-refractivity contribution in [3.63, 3.8) is 0 Å². The summed E-state index contributed by atoms with van der Waals surface area (Å²) in [5.74, 6) is 0. The first-order valence-electron chi connectivity index (χ1n) is 3.89. The molecule has 1 rings (SSSR count). The van der Waals surface area contributed by atoms with Gasteiger partial charge in [0.2, 0.25) is 5.54 Å². The monoisotopic (exact) mass is 158 g/mol. The summed E-state index contributed by atoms with van der Waals surface area (Å²) in [6, 6.07) is 0. The molecule has 4 heteroatoms. The van der Waals surface area contributed by atoms with E-state index >= 15 is 0 Å². The average molecular weight is 158 g/mol. The van der Waals surface area contributed by atoms with Crippen molar-refractivity contribution in [3.05, 3.63) is 10.1 Å². The van der Waals surface area contributed by atoms with E-state index in [9.17, 15) is 10.1 Å². The molecule has 0 aromatic rings. The summed E-state index contributed by atoms with van der Waals surface area (Å²) in [6.07, 6.45) is 1.19. The first-order valence-corrected chi connectivity index (χ1v) is 3.89. The van der Waals surface area contributed by atoms with Crippen molar-refractivity contribution in [2.45, 2.75) is 25.8 Å². The Labute approximate surface area is 66.3 Å². The van der Waals surface area contributed by atoms with Crippen molar-refractivity contribution >= 4 is 0 Å². The van der Waals surface area contributed by atoms with Crippen molar-refractivity contribution in [1.82, 2.24) is 4.90 Å². The zero-order valence-corrected chi connectivity index (χ0v) is 7.04. The lowest BCUT2D eigenvalue weighted by Crippen LogP contribution is -2.49. The second kappa shape index (κ2) is 2.77. The molecule has 0 unspecified atom stereocenters. The number of nitrogens with zero attached hydrogens (tertiary/aromatic N) is 2. The molecule has 0 spiro atoms. The molecule has 0 amide bonds. The lowest BCUT2D eigenvalue weighted by atomic mass is 10.0. The molecule has 1 aliphatic rings. The van der Waals surface area contributed by atoms with E-state index in [2.05, 4.69) is 4.90 Å². The highest BCUT2D eigenvalue weighted by molar-refractivity contribution is 4.77. The average Bonchev–Trinajstić information content (AvgIpc) is 1.79. The predicted molar refractivity (Wildman–Crippen MR) is 42.1 cm³/mol. The largest absolute Gasteiger partial charge is 0.296 e. The van der Waals surface area contributed by atoms with E-state index in [1.165, 1.54) is 6.42 Å². The van der Waals surface area contributed by atoms with Gasteiger partial charge in [0.15, 0.2) is 0 Å². The Morgan fingerprint density at radius 2 is 2.09 bits per heavy atom. The van der Waals surface area contributed by atoms with E-state index in [-0.39, 0.29) is 4.92 Å². The first kappa shape index (κ1) is 8.46. The number of nitro groups is 1. The molecule has 64 valence electrons. The third kappa shape index (κ3) is 1.89. The van der Waals surface area contributed by atoms with Crippen molar-refractivity contribution in [2.24, 2.45) is 0 Å². The van der Waals surface area contributed by atoms with Gasteiger partial charge in [-0.1, -0.05) is 0 Å². The molecule has 0 radical (unpaired) electrons. The van der Waals surface area contributed by atoms with Crippen LogP contribution in [-0.2, 0) is 0 Å². The number of likely N-dealkylation sites (tertiary alicyclic amines) is 1. The highest BCUT2D eigenvalue weighted by atomic mass is 16.6. The standard InChI is InChI=1S/C7H14N2O2/c1-7(2,9(10)11)6-8-4-3-5-8/h3-6H2,1-2H3. The Morgan fingerprint density at radius 3 is 2.36 bits per heavy atom. The molecular formula is C7H14N2O2. The summed E-state index contributed by atoms with van der Waals surface area (Å²) in [5.41, 5.74) is -0.777. The van der Waals surface area contributed by atoms with Crippen LogP contribution in [0, 0.1) is 10.1 Å². The van der Waals surface area contributed by atoms with Crippen LogP contribution in [0.25, 0.3) is 0 Å². The van der Waals surface area contributed by atoms with Crippen molar-refractivity contribution in [1.29, 1.82) is 0 Å². The smallest absolute Gasteiger partial charge is 0.229 e. The van der Waals surface area contributed by atoms with E-state index < -0.39 is 5.54 Å². The molecule has 11 heavy (non-hydrogen) atoms. The van der Waals surface area contributed by atoms with Crippen LogP contribution in [-0.4, -0.2) is 35.0 Å². The first-order chi connectivity index (χ1) is 5.02. The van der Waals surface area contributed by atoms with Crippen LogP contribution in [0.1, 0.15) is 20.3 Å². The lowest BCUT2D eigenvalue weighted by molar-refractivity contribution is -0.561. The van der Waals surface area contributed by atoms with Crippen LogP contribution >= 0.6 is 0 Å². The number of rotatable bonds is 3. The Kier molecular flexibility index (Phi) is 2.13. The van der Waals surface area contributed by atoms with Crippen LogP contribution in [0.3, 0.4) is 0 Å². The maximum Gasteiger partial charge on any atom is 0.229 e. The molecule has 0 aromatic carbocycles. The highest BCUT2D eigenvalue weighted by Crippen LogP contribution is 2.14.